The fraction of sp³-hybridized carbons (Fsp3) is 0.478. The van der Waals surface area contributed by atoms with Crippen LogP contribution in [0.1, 0.15) is 32.3 Å². The van der Waals surface area contributed by atoms with Crippen LogP contribution in [0.4, 0.5) is 16.3 Å². The Kier molecular flexibility index (Phi) is 6.86. The Labute approximate surface area is 202 Å². The summed E-state index contributed by atoms with van der Waals surface area (Å²) in [5.41, 5.74) is 1.93. The zero-order valence-corrected chi connectivity index (χ0v) is 21.4. The van der Waals surface area contributed by atoms with Crippen molar-refractivity contribution in [2.24, 2.45) is 0 Å². The van der Waals surface area contributed by atoms with E-state index in [1.165, 1.54) is 6.26 Å². The first kappa shape index (κ1) is 23.8. The maximum atomic E-state index is 12.1. The van der Waals surface area contributed by atoms with Gasteiger partial charge in [-0.2, -0.15) is 0 Å². The molecule has 8 nitrogen and oxygen atoms in total. The molecule has 2 aromatic rings. The van der Waals surface area contributed by atoms with E-state index in [1.54, 1.807) is 23.2 Å². The summed E-state index contributed by atoms with van der Waals surface area (Å²) in [5, 5.41) is 0. The SMILES string of the molecule is CC(C)OC(=O)N1CCC(Oc2ccnc(N3CCc4cc(S(C)(=O)=O)ccc43)c2Br)CC1. The van der Waals surface area contributed by atoms with Crippen molar-refractivity contribution in [3.05, 3.63) is 40.5 Å². The van der Waals surface area contributed by atoms with Gasteiger partial charge in [-0.3, -0.25) is 0 Å². The fourth-order valence-corrected chi connectivity index (χ4v) is 5.35. The average Bonchev–Trinajstić information content (AvgIpc) is 3.18. The highest BCUT2D eigenvalue weighted by Crippen LogP contribution is 2.41. The van der Waals surface area contributed by atoms with Gasteiger partial charge in [0.15, 0.2) is 15.7 Å². The number of amides is 1. The summed E-state index contributed by atoms with van der Waals surface area (Å²) in [6, 6.07) is 7.05. The van der Waals surface area contributed by atoms with Crippen LogP contribution in [0.3, 0.4) is 0 Å². The van der Waals surface area contributed by atoms with E-state index in [2.05, 4.69) is 25.8 Å². The van der Waals surface area contributed by atoms with E-state index in [9.17, 15) is 13.2 Å². The van der Waals surface area contributed by atoms with Gasteiger partial charge in [-0.1, -0.05) is 0 Å². The molecule has 1 fully saturated rings. The van der Waals surface area contributed by atoms with Gasteiger partial charge in [-0.15, -0.1) is 0 Å². The molecule has 2 aliphatic heterocycles. The molecule has 1 aromatic heterocycles. The number of benzene rings is 1. The van der Waals surface area contributed by atoms with Gasteiger partial charge in [-0.25, -0.2) is 18.2 Å². The summed E-state index contributed by atoms with van der Waals surface area (Å²) in [6.45, 7) is 5.57. The molecular formula is C23H28BrN3O5S. The van der Waals surface area contributed by atoms with Crippen LogP contribution >= 0.6 is 15.9 Å². The molecule has 1 saturated heterocycles. The number of aromatic nitrogens is 1. The molecular weight excluding hydrogens is 510 g/mol. The summed E-state index contributed by atoms with van der Waals surface area (Å²) in [4.78, 5) is 20.8. The second kappa shape index (κ2) is 9.50. The van der Waals surface area contributed by atoms with E-state index < -0.39 is 9.84 Å². The summed E-state index contributed by atoms with van der Waals surface area (Å²) in [5.74, 6) is 1.43. The monoisotopic (exact) mass is 537 g/mol. The van der Waals surface area contributed by atoms with Crippen molar-refractivity contribution in [2.75, 3.05) is 30.8 Å². The molecule has 0 aliphatic carbocycles. The van der Waals surface area contributed by atoms with E-state index in [-0.39, 0.29) is 18.3 Å². The highest BCUT2D eigenvalue weighted by atomic mass is 79.9. The van der Waals surface area contributed by atoms with Gasteiger partial charge in [0.1, 0.15) is 16.3 Å². The lowest BCUT2D eigenvalue weighted by atomic mass is 10.1. The summed E-state index contributed by atoms with van der Waals surface area (Å²) < 4.78 is 36.1. The maximum absolute atomic E-state index is 12.1. The van der Waals surface area contributed by atoms with E-state index in [1.807, 2.05) is 26.0 Å². The van der Waals surface area contributed by atoms with E-state index in [0.29, 0.717) is 30.3 Å². The molecule has 0 unspecified atom stereocenters. The number of halogens is 1. The highest BCUT2D eigenvalue weighted by molar-refractivity contribution is 9.10. The minimum Gasteiger partial charge on any atom is -0.489 e. The first-order valence-electron chi connectivity index (χ1n) is 11.0. The molecule has 0 spiro atoms. The molecule has 0 N–H and O–H groups in total. The number of carbonyl (C=O) groups is 1. The quantitative estimate of drug-likeness (QED) is 0.560. The van der Waals surface area contributed by atoms with Gasteiger partial charge >= 0.3 is 6.09 Å². The second-order valence-corrected chi connectivity index (χ2v) is 11.5. The Hall–Kier alpha value is -2.33. The number of rotatable bonds is 5. The van der Waals surface area contributed by atoms with Crippen LogP contribution < -0.4 is 9.64 Å². The van der Waals surface area contributed by atoms with Crippen LogP contribution in [0.15, 0.2) is 39.8 Å². The van der Waals surface area contributed by atoms with Gasteiger partial charge in [0.25, 0.3) is 0 Å². The third-order valence-corrected chi connectivity index (χ3v) is 7.65. The number of likely N-dealkylation sites (tertiary alicyclic amines) is 1. The van der Waals surface area contributed by atoms with E-state index in [4.69, 9.17) is 9.47 Å². The van der Waals surface area contributed by atoms with Crippen molar-refractivity contribution >= 4 is 43.4 Å². The van der Waals surface area contributed by atoms with Crippen LogP contribution in [-0.2, 0) is 21.0 Å². The average molecular weight is 538 g/mol. The first-order chi connectivity index (χ1) is 15.6. The summed E-state index contributed by atoms with van der Waals surface area (Å²) >= 11 is 3.67. The lowest BCUT2D eigenvalue weighted by molar-refractivity contribution is 0.0515. The molecule has 3 heterocycles. The zero-order valence-electron chi connectivity index (χ0n) is 19.0. The predicted molar refractivity (Wildman–Crippen MR) is 129 cm³/mol. The van der Waals surface area contributed by atoms with Crippen molar-refractivity contribution in [3.63, 3.8) is 0 Å². The van der Waals surface area contributed by atoms with E-state index >= 15 is 0 Å². The fourth-order valence-electron chi connectivity index (χ4n) is 4.14. The number of nitrogens with zero attached hydrogens (tertiary/aromatic N) is 3. The van der Waals surface area contributed by atoms with Gasteiger partial charge in [0.2, 0.25) is 0 Å². The Morgan fingerprint density at radius 1 is 1.18 bits per heavy atom. The molecule has 33 heavy (non-hydrogen) atoms. The number of anilines is 2. The molecule has 2 aliphatic rings. The van der Waals surface area contributed by atoms with Gasteiger partial charge in [0.05, 0.1) is 11.0 Å². The largest absolute Gasteiger partial charge is 0.489 e. The molecule has 0 radical (unpaired) electrons. The van der Waals surface area contributed by atoms with Crippen molar-refractivity contribution in [1.82, 2.24) is 9.88 Å². The number of piperidine rings is 1. The number of pyridine rings is 1. The Morgan fingerprint density at radius 2 is 1.91 bits per heavy atom. The topological polar surface area (TPSA) is 89.0 Å². The highest BCUT2D eigenvalue weighted by Gasteiger charge is 2.28. The molecule has 178 valence electrons. The van der Waals surface area contributed by atoms with E-state index in [0.717, 1.165) is 40.8 Å². The van der Waals surface area contributed by atoms with Crippen molar-refractivity contribution in [2.45, 2.75) is 50.2 Å². The number of fused-ring (bicyclic) bond motifs is 1. The van der Waals surface area contributed by atoms with Crippen LogP contribution in [-0.4, -0.2) is 62.5 Å². The smallest absolute Gasteiger partial charge is 0.410 e. The molecule has 0 bridgehead atoms. The lowest BCUT2D eigenvalue weighted by Gasteiger charge is -2.32. The van der Waals surface area contributed by atoms with Crippen LogP contribution in [0.5, 0.6) is 5.75 Å². The molecule has 1 amide bonds. The van der Waals surface area contributed by atoms with Crippen molar-refractivity contribution in [3.8, 4) is 5.75 Å². The summed E-state index contributed by atoms with van der Waals surface area (Å²) in [7, 11) is -3.25. The standard InChI is InChI=1S/C23H28BrN3O5S/c1-15(2)31-23(28)26-11-8-17(9-12-26)32-20-6-10-25-22(21(20)24)27-13-7-16-14-18(33(3,29)30)4-5-19(16)27/h4-6,10,14-15,17H,7-9,11-13H2,1-3H3. The first-order valence-corrected chi connectivity index (χ1v) is 13.7. The van der Waals surface area contributed by atoms with Gasteiger partial charge in [-0.05, 0) is 66.0 Å². The lowest BCUT2D eigenvalue weighted by Crippen LogP contribution is -2.42. The van der Waals surface area contributed by atoms with Crippen LogP contribution in [0.2, 0.25) is 0 Å². The minimum atomic E-state index is -3.25. The molecule has 1 aromatic carbocycles. The Morgan fingerprint density at radius 3 is 2.58 bits per heavy atom. The molecule has 4 rings (SSSR count). The van der Waals surface area contributed by atoms with Crippen LogP contribution in [0, 0.1) is 0 Å². The minimum absolute atomic E-state index is 0.0113. The van der Waals surface area contributed by atoms with Crippen molar-refractivity contribution in [1.29, 1.82) is 0 Å². The third-order valence-electron chi connectivity index (χ3n) is 5.80. The molecule has 0 atom stereocenters. The Bertz CT molecular complexity index is 1150. The maximum Gasteiger partial charge on any atom is 0.410 e. The third kappa shape index (κ3) is 5.27. The van der Waals surface area contributed by atoms with Gasteiger partial charge < -0.3 is 19.3 Å². The summed E-state index contributed by atoms with van der Waals surface area (Å²) in [6.07, 6.45) is 4.70. The number of ether oxygens (including phenoxy) is 2. The molecule has 10 heteroatoms. The van der Waals surface area contributed by atoms with Crippen LogP contribution in [0.25, 0.3) is 0 Å². The van der Waals surface area contributed by atoms with Gasteiger partial charge in [0, 0.05) is 50.6 Å². The normalized spacial score (nSPS) is 16.8. The Balaban J connectivity index is 1.46. The number of hydrogen-bond acceptors (Lipinski definition) is 7. The second-order valence-electron chi connectivity index (χ2n) is 8.65. The number of sulfone groups is 1. The zero-order chi connectivity index (χ0) is 23.8. The molecule has 0 saturated carbocycles. The van der Waals surface area contributed by atoms with Crippen molar-refractivity contribution < 1.29 is 22.7 Å². The number of carbonyl (C=O) groups excluding carboxylic acids is 1. The predicted octanol–water partition coefficient (Wildman–Crippen LogP) is 4.33. The number of hydrogen-bond donors (Lipinski definition) is 0.